The number of ether oxygens (including phenoxy) is 1. The van der Waals surface area contributed by atoms with Crippen LogP contribution in [-0.4, -0.2) is 36.3 Å². The van der Waals surface area contributed by atoms with Gasteiger partial charge in [-0.2, -0.15) is 5.10 Å². The number of benzene rings is 1. The Morgan fingerprint density at radius 1 is 1.00 bits per heavy atom. The first-order valence-electron chi connectivity index (χ1n) is 11.0. The lowest BCUT2D eigenvalue weighted by atomic mass is 10.0. The van der Waals surface area contributed by atoms with Gasteiger partial charge >= 0.3 is 0 Å². The molecule has 6 rings (SSSR count). The first-order valence-corrected chi connectivity index (χ1v) is 11.4. The third kappa shape index (κ3) is 3.55. The van der Waals surface area contributed by atoms with Gasteiger partial charge in [0.2, 0.25) is 0 Å². The lowest BCUT2D eigenvalue weighted by molar-refractivity contribution is 0.110. The van der Waals surface area contributed by atoms with Crippen molar-refractivity contribution < 1.29 is 4.74 Å². The van der Waals surface area contributed by atoms with Gasteiger partial charge < -0.3 is 4.74 Å². The van der Waals surface area contributed by atoms with Gasteiger partial charge in [0.05, 0.1) is 36.3 Å². The Kier molecular flexibility index (Phi) is 4.69. The minimum absolute atomic E-state index is 0.0108. The third-order valence-electron chi connectivity index (χ3n) is 6.35. The van der Waals surface area contributed by atoms with E-state index in [1.54, 1.807) is 0 Å². The van der Waals surface area contributed by atoms with Crippen molar-refractivity contribution in [3.63, 3.8) is 0 Å². The van der Waals surface area contributed by atoms with Gasteiger partial charge in [-0.05, 0) is 45.2 Å². The molecule has 8 heteroatoms. The molecule has 3 aromatic heterocycles. The predicted molar refractivity (Wildman–Crippen MR) is 122 cm³/mol. The summed E-state index contributed by atoms with van der Waals surface area (Å²) in [5.41, 5.74) is 5.93. The molecule has 2 fully saturated rings. The summed E-state index contributed by atoms with van der Waals surface area (Å²) < 4.78 is 8.22. The highest BCUT2D eigenvalue weighted by Crippen LogP contribution is 2.40. The normalized spacial score (nSPS) is 20.8. The number of fused-ring (bicyclic) bond motifs is 1. The fourth-order valence-corrected chi connectivity index (χ4v) is 4.34. The van der Waals surface area contributed by atoms with Crippen LogP contribution in [-0.2, 0) is 4.74 Å². The molecule has 1 saturated heterocycles. The number of nitrogens with zero attached hydrogens (tertiary/aromatic N) is 6. The van der Waals surface area contributed by atoms with Crippen molar-refractivity contribution in [1.82, 2.24) is 29.7 Å². The van der Waals surface area contributed by atoms with Crippen LogP contribution in [0.15, 0.2) is 36.7 Å². The highest BCUT2D eigenvalue weighted by molar-refractivity contribution is 6.30. The average Bonchev–Trinajstić information content (AvgIpc) is 3.31. The van der Waals surface area contributed by atoms with Crippen LogP contribution in [0.1, 0.15) is 60.1 Å². The molecule has 1 saturated carbocycles. The van der Waals surface area contributed by atoms with Gasteiger partial charge in [-0.15, -0.1) is 0 Å². The van der Waals surface area contributed by atoms with Gasteiger partial charge in [0.25, 0.3) is 0 Å². The van der Waals surface area contributed by atoms with Crippen molar-refractivity contribution in [2.75, 3.05) is 6.61 Å². The smallest absolute Gasteiger partial charge is 0.182 e. The van der Waals surface area contributed by atoms with Crippen LogP contribution in [0.3, 0.4) is 0 Å². The molecular formula is C24H23ClN6O. The second kappa shape index (κ2) is 7.60. The molecule has 0 radical (unpaired) electrons. The molecule has 0 spiro atoms. The summed E-state index contributed by atoms with van der Waals surface area (Å²) in [5.74, 6) is 0.834. The highest BCUT2D eigenvalue weighted by Gasteiger charge is 2.33. The average molecular weight is 447 g/mol. The molecule has 2 atom stereocenters. The summed E-state index contributed by atoms with van der Waals surface area (Å²) in [6.45, 7) is 4.49. The molecule has 32 heavy (non-hydrogen) atoms. The Balaban J connectivity index is 1.38. The summed E-state index contributed by atoms with van der Waals surface area (Å²) in [6.07, 6.45) is 7.32. The van der Waals surface area contributed by atoms with Crippen LogP contribution in [0, 0.1) is 13.8 Å². The van der Waals surface area contributed by atoms with E-state index in [2.05, 4.69) is 16.0 Å². The van der Waals surface area contributed by atoms with Crippen molar-refractivity contribution in [1.29, 1.82) is 0 Å². The van der Waals surface area contributed by atoms with Gasteiger partial charge in [-0.1, -0.05) is 23.7 Å². The Bertz CT molecular complexity index is 1310. The fraction of sp³-hybridized carbons (Fsp3) is 0.375. The molecule has 7 nitrogen and oxygen atoms in total. The Labute approximate surface area is 190 Å². The molecule has 162 valence electrons. The number of hydrogen-bond donors (Lipinski definition) is 0. The zero-order chi connectivity index (χ0) is 21.8. The maximum atomic E-state index is 6.15. The van der Waals surface area contributed by atoms with Crippen molar-refractivity contribution in [3.05, 3.63) is 64.5 Å². The number of halogens is 1. The summed E-state index contributed by atoms with van der Waals surface area (Å²) in [6, 6.07) is 8.23. The predicted octanol–water partition coefficient (Wildman–Crippen LogP) is 5.13. The SMILES string of the molecule is Cc1nc2nc([C@H]3CO[C@H](c4cnn(C5CC5)c4)C3)nc(-c3ccc(Cl)cc3)c2nc1C. The van der Waals surface area contributed by atoms with Crippen molar-refractivity contribution >= 4 is 22.8 Å². The molecule has 4 heterocycles. The van der Waals surface area contributed by atoms with E-state index in [4.69, 9.17) is 36.3 Å². The van der Waals surface area contributed by atoms with Gasteiger partial charge in [-0.3, -0.25) is 4.68 Å². The first kappa shape index (κ1) is 19.8. The van der Waals surface area contributed by atoms with Gasteiger partial charge in [-0.25, -0.2) is 19.9 Å². The molecule has 0 N–H and O–H groups in total. The molecule has 1 aliphatic carbocycles. The third-order valence-corrected chi connectivity index (χ3v) is 6.61. The van der Waals surface area contributed by atoms with Crippen LogP contribution in [0.2, 0.25) is 5.02 Å². The van der Waals surface area contributed by atoms with Crippen LogP contribution >= 0.6 is 11.6 Å². The first-order chi connectivity index (χ1) is 15.5. The molecule has 0 bridgehead atoms. The molecule has 2 aliphatic rings. The Morgan fingerprint density at radius 3 is 2.56 bits per heavy atom. The van der Waals surface area contributed by atoms with Crippen molar-refractivity contribution in [2.24, 2.45) is 0 Å². The Morgan fingerprint density at radius 2 is 1.78 bits per heavy atom. The quantitative estimate of drug-likeness (QED) is 0.432. The van der Waals surface area contributed by atoms with E-state index >= 15 is 0 Å². The topological polar surface area (TPSA) is 78.6 Å². The van der Waals surface area contributed by atoms with E-state index < -0.39 is 0 Å². The highest BCUT2D eigenvalue weighted by atomic mass is 35.5. The minimum Gasteiger partial charge on any atom is -0.373 e. The van der Waals surface area contributed by atoms with E-state index in [-0.39, 0.29) is 12.0 Å². The monoisotopic (exact) mass is 446 g/mol. The van der Waals surface area contributed by atoms with Crippen LogP contribution in [0.4, 0.5) is 0 Å². The van der Waals surface area contributed by atoms with Gasteiger partial charge in [0.1, 0.15) is 17.0 Å². The van der Waals surface area contributed by atoms with Crippen LogP contribution in [0.5, 0.6) is 0 Å². The van der Waals surface area contributed by atoms with Gasteiger partial charge in [0, 0.05) is 28.3 Å². The summed E-state index contributed by atoms with van der Waals surface area (Å²) in [5, 5.41) is 5.20. The van der Waals surface area contributed by atoms with Crippen LogP contribution in [0.25, 0.3) is 22.4 Å². The second-order valence-electron chi connectivity index (χ2n) is 8.74. The maximum Gasteiger partial charge on any atom is 0.182 e. The number of aryl methyl sites for hydroxylation is 2. The zero-order valence-electron chi connectivity index (χ0n) is 18.0. The number of hydrogen-bond acceptors (Lipinski definition) is 6. The molecule has 1 aromatic carbocycles. The summed E-state index contributed by atoms with van der Waals surface area (Å²) in [7, 11) is 0. The van der Waals surface area contributed by atoms with Crippen molar-refractivity contribution in [2.45, 2.75) is 51.2 Å². The lowest BCUT2D eigenvalue weighted by Crippen LogP contribution is -2.08. The van der Waals surface area contributed by atoms with E-state index in [0.29, 0.717) is 28.8 Å². The fourth-order valence-electron chi connectivity index (χ4n) is 4.22. The maximum absolute atomic E-state index is 6.15. The molecule has 1 aliphatic heterocycles. The van der Waals surface area contributed by atoms with E-state index in [1.165, 1.54) is 12.8 Å². The zero-order valence-corrected chi connectivity index (χ0v) is 18.8. The standard InChI is InChI=1S/C24H23ClN6O/c1-13-14(2)28-24-22(27-13)21(15-3-5-18(25)6-4-15)29-23(30-24)16-9-20(32-12-16)17-10-26-31(11-17)19-7-8-19/h3-6,10-11,16,19-20H,7-9,12H2,1-2H3/t16-,20+/m1/s1. The summed E-state index contributed by atoms with van der Waals surface area (Å²) in [4.78, 5) is 19.3. The van der Waals surface area contributed by atoms with E-state index in [0.717, 1.165) is 40.5 Å². The molecule has 0 amide bonds. The van der Waals surface area contributed by atoms with Gasteiger partial charge in [0.15, 0.2) is 5.65 Å². The number of aromatic nitrogens is 6. The molecular weight excluding hydrogens is 424 g/mol. The van der Waals surface area contributed by atoms with E-state index in [9.17, 15) is 0 Å². The largest absolute Gasteiger partial charge is 0.373 e. The van der Waals surface area contributed by atoms with Crippen LogP contribution < -0.4 is 0 Å². The minimum atomic E-state index is 0.0108. The molecule has 4 aromatic rings. The van der Waals surface area contributed by atoms with E-state index in [1.807, 2.05) is 44.3 Å². The molecule has 0 unspecified atom stereocenters. The number of rotatable bonds is 4. The second-order valence-corrected chi connectivity index (χ2v) is 9.18. The lowest BCUT2D eigenvalue weighted by Gasteiger charge is -2.12. The van der Waals surface area contributed by atoms with Crippen molar-refractivity contribution in [3.8, 4) is 11.3 Å². The summed E-state index contributed by atoms with van der Waals surface area (Å²) >= 11 is 6.11. The Hall–Kier alpha value is -2.90.